The predicted molar refractivity (Wildman–Crippen MR) is 70.3 cm³/mol. The summed E-state index contributed by atoms with van der Waals surface area (Å²) in [5.74, 6) is 0.199. The van der Waals surface area contributed by atoms with Crippen molar-refractivity contribution in [1.29, 1.82) is 0 Å². The molecule has 1 amide bonds. The third-order valence-electron chi connectivity index (χ3n) is 3.46. The molecule has 0 aromatic rings. The van der Waals surface area contributed by atoms with E-state index in [1.165, 1.54) is 32.4 Å². The monoisotopic (exact) mass is 253 g/mol. The van der Waals surface area contributed by atoms with Gasteiger partial charge in [-0.2, -0.15) is 0 Å². The number of piperidine rings is 1. The lowest BCUT2D eigenvalue weighted by Crippen LogP contribution is -2.36. The smallest absolute Gasteiger partial charge is 0.225 e. The normalized spacial score (nSPS) is 27.4. The second-order valence-corrected chi connectivity index (χ2v) is 5.09. The molecule has 0 radical (unpaired) electrons. The summed E-state index contributed by atoms with van der Waals surface area (Å²) >= 11 is 0. The minimum absolute atomic E-state index is 0.111. The maximum Gasteiger partial charge on any atom is 0.225 e. The van der Waals surface area contributed by atoms with Gasteiger partial charge in [0.05, 0.1) is 5.71 Å². The SMILES string of the molecule is C1CCNCC1.CC1=NOC(N2CCCC2=O)C1. The molecule has 0 aromatic heterocycles. The van der Waals surface area contributed by atoms with Gasteiger partial charge in [-0.3, -0.25) is 4.79 Å². The van der Waals surface area contributed by atoms with Crippen LogP contribution in [0.1, 0.15) is 45.4 Å². The third kappa shape index (κ3) is 3.70. The molecular formula is C13H23N3O2. The zero-order chi connectivity index (χ0) is 12.8. The molecule has 3 aliphatic rings. The number of nitrogens with zero attached hydrogens (tertiary/aromatic N) is 2. The molecule has 18 heavy (non-hydrogen) atoms. The number of hydrogen-bond acceptors (Lipinski definition) is 4. The van der Waals surface area contributed by atoms with Gasteiger partial charge < -0.3 is 15.1 Å². The van der Waals surface area contributed by atoms with Gasteiger partial charge in [-0.15, -0.1) is 0 Å². The number of carbonyl (C=O) groups is 1. The van der Waals surface area contributed by atoms with Gasteiger partial charge in [0.15, 0.2) is 0 Å². The van der Waals surface area contributed by atoms with Crippen LogP contribution in [0.3, 0.4) is 0 Å². The number of hydrogen-bond donors (Lipinski definition) is 1. The van der Waals surface area contributed by atoms with E-state index in [1.54, 1.807) is 4.90 Å². The Hall–Kier alpha value is -1.10. The zero-order valence-corrected chi connectivity index (χ0v) is 11.2. The van der Waals surface area contributed by atoms with E-state index in [0.717, 1.165) is 25.1 Å². The van der Waals surface area contributed by atoms with E-state index in [-0.39, 0.29) is 12.1 Å². The molecule has 2 fully saturated rings. The largest absolute Gasteiger partial charge is 0.370 e. The average Bonchev–Trinajstić information content (AvgIpc) is 3.01. The summed E-state index contributed by atoms with van der Waals surface area (Å²) < 4.78 is 0. The van der Waals surface area contributed by atoms with Gasteiger partial charge in [-0.1, -0.05) is 11.6 Å². The van der Waals surface area contributed by atoms with E-state index < -0.39 is 0 Å². The van der Waals surface area contributed by atoms with E-state index in [4.69, 9.17) is 4.84 Å². The topological polar surface area (TPSA) is 53.9 Å². The van der Waals surface area contributed by atoms with Gasteiger partial charge >= 0.3 is 0 Å². The highest BCUT2D eigenvalue weighted by Gasteiger charge is 2.32. The van der Waals surface area contributed by atoms with Gasteiger partial charge in [-0.25, -0.2) is 0 Å². The number of amides is 1. The Morgan fingerprint density at radius 3 is 2.44 bits per heavy atom. The second-order valence-electron chi connectivity index (χ2n) is 5.09. The highest BCUT2D eigenvalue weighted by Crippen LogP contribution is 2.20. The molecule has 1 unspecified atom stereocenters. The molecule has 0 spiro atoms. The quantitative estimate of drug-likeness (QED) is 0.770. The van der Waals surface area contributed by atoms with Crippen molar-refractivity contribution in [2.24, 2.45) is 5.16 Å². The van der Waals surface area contributed by atoms with Crippen molar-refractivity contribution >= 4 is 11.6 Å². The predicted octanol–water partition coefficient (Wildman–Crippen LogP) is 1.49. The minimum atomic E-state index is -0.111. The summed E-state index contributed by atoms with van der Waals surface area (Å²) in [6.07, 6.45) is 6.50. The highest BCUT2D eigenvalue weighted by atomic mass is 16.7. The van der Waals surface area contributed by atoms with Crippen LogP contribution in [0.5, 0.6) is 0 Å². The van der Waals surface area contributed by atoms with Crippen molar-refractivity contribution < 1.29 is 9.63 Å². The van der Waals surface area contributed by atoms with Gasteiger partial charge in [-0.05, 0) is 39.3 Å². The van der Waals surface area contributed by atoms with Crippen molar-refractivity contribution in [1.82, 2.24) is 10.2 Å². The van der Waals surface area contributed by atoms with Crippen LogP contribution in [-0.2, 0) is 9.63 Å². The first kappa shape index (κ1) is 13.3. The molecule has 0 saturated carbocycles. The number of nitrogens with one attached hydrogen (secondary N) is 1. The van der Waals surface area contributed by atoms with Gasteiger partial charge in [0.1, 0.15) is 0 Å². The third-order valence-corrected chi connectivity index (χ3v) is 3.46. The summed E-state index contributed by atoms with van der Waals surface area (Å²) in [6, 6.07) is 0. The molecular weight excluding hydrogens is 230 g/mol. The molecule has 5 heteroatoms. The van der Waals surface area contributed by atoms with Crippen LogP contribution in [0.4, 0.5) is 0 Å². The van der Waals surface area contributed by atoms with E-state index in [9.17, 15) is 4.79 Å². The van der Waals surface area contributed by atoms with Crippen molar-refractivity contribution in [3.63, 3.8) is 0 Å². The van der Waals surface area contributed by atoms with Crippen LogP contribution in [0.2, 0.25) is 0 Å². The summed E-state index contributed by atoms with van der Waals surface area (Å²) in [5.41, 5.74) is 0.972. The van der Waals surface area contributed by atoms with Crippen LogP contribution in [-0.4, -0.2) is 42.4 Å². The molecule has 5 nitrogen and oxygen atoms in total. The van der Waals surface area contributed by atoms with Crippen molar-refractivity contribution in [3.8, 4) is 0 Å². The Kier molecular flexibility index (Phi) is 4.99. The lowest BCUT2D eigenvalue weighted by atomic mass is 10.2. The zero-order valence-electron chi connectivity index (χ0n) is 11.2. The Morgan fingerprint density at radius 1 is 1.28 bits per heavy atom. The molecule has 3 aliphatic heterocycles. The first-order valence-corrected chi connectivity index (χ1v) is 6.97. The molecule has 0 aromatic carbocycles. The molecule has 0 aliphatic carbocycles. The summed E-state index contributed by atoms with van der Waals surface area (Å²) in [6.45, 7) is 5.24. The Morgan fingerprint density at radius 2 is 2.06 bits per heavy atom. The van der Waals surface area contributed by atoms with Gasteiger partial charge in [0.25, 0.3) is 0 Å². The average molecular weight is 253 g/mol. The van der Waals surface area contributed by atoms with E-state index in [0.29, 0.717) is 6.42 Å². The second kappa shape index (κ2) is 6.73. The summed E-state index contributed by atoms with van der Waals surface area (Å²) in [4.78, 5) is 18.2. The standard InChI is InChI=1S/C8H12N2O2.C5H11N/c1-6-5-8(12-9-6)10-4-2-3-7(10)11;1-2-4-6-5-3-1/h8H,2-5H2,1H3;6H,1-5H2. The first-order valence-electron chi connectivity index (χ1n) is 6.97. The van der Waals surface area contributed by atoms with E-state index in [2.05, 4.69) is 10.5 Å². The molecule has 1 N–H and O–H groups in total. The lowest BCUT2D eigenvalue weighted by molar-refractivity contribution is -0.138. The fraction of sp³-hybridized carbons (Fsp3) is 0.846. The van der Waals surface area contributed by atoms with Gasteiger partial charge in [0.2, 0.25) is 12.1 Å². The summed E-state index contributed by atoms with van der Waals surface area (Å²) in [5, 5.41) is 7.10. The molecule has 3 heterocycles. The number of likely N-dealkylation sites (tertiary alicyclic amines) is 1. The molecule has 1 atom stereocenters. The molecule has 2 saturated heterocycles. The maximum atomic E-state index is 11.3. The fourth-order valence-electron chi connectivity index (χ4n) is 2.42. The Bertz CT molecular complexity index is 302. The van der Waals surface area contributed by atoms with Crippen molar-refractivity contribution in [2.45, 2.75) is 51.7 Å². The van der Waals surface area contributed by atoms with Crippen LogP contribution in [0.25, 0.3) is 0 Å². The lowest BCUT2D eigenvalue weighted by Gasteiger charge is -2.20. The first-order chi connectivity index (χ1) is 8.77. The molecule has 0 bridgehead atoms. The minimum Gasteiger partial charge on any atom is -0.370 e. The maximum absolute atomic E-state index is 11.3. The van der Waals surface area contributed by atoms with Crippen molar-refractivity contribution in [3.05, 3.63) is 0 Å². The van der Waals surface area contributed by atoms with Crippen LogP contribution in [0.15, 0.2) is 5.16 Å². The van der Waals surface area contributed by atoms with E-state index >= 15 is 0 Å². The van der Waals surface area contributed by atoms with Crippen LogP contribution < -0.4 is 5.32 Å². The molecule has 3 rings (SSSR count). The molecule has 102 valence electrons. The number of rotatable bonds is 1. The summed E-state index contributed by atoms with van der Waals surface area (Å²) in [7, 11) is 0. The highest BCUT2D eigenvalue weighted by molar-refractivity contribution is 5.84. The Balaban J connectivity index is 0.000000169. The van der Waals surface area contributed by atoms with E-state index in [1.807, 2.05) is 6.92 Å². The van der Waals surface area contributed by atoms with Gasteiger partial charge in [0, 0.05) is 19.4 Å². The van der Waals surface area contributed by atoms with Crippen LogP contribution >= 0.6 is 0 Å². The number of carbonyl (C=O) groups excluding carboxylic acids is 1. The number of oxime groups is 1. The Labute approximate surface area is 109 Å². The van der Waals surface area contributed by atoms with Crippen LogP contribution in [0, 0.1) is 0 Å². The fourth-order valence-corrected chi connectivity index (χ4v) is 2.42. The van der Waals surface area contributed by atoms with Crippen molar-refractivity contribution in [2.75, 3.05) is 19.6 Å².